The number of nitrogen functional groups attached to an aromatic ring is 1. The first kappa shape index (κ1) is 15.1. The Kier molecular flexibility index (Phi) is 4.99. The molecule has 0 aliphatic heterocycles. The van der Waals surface area contributed by atoms with Crippen LogP contribution in [-0.2, 0) is 9.53 Å². The molecule has 0 unspecified atom stereocenters. The molecule has 0 heterocycles. The van der Waals surface area contributed by atoms with Crippen molar-refractivity contribution in [3.8, 4) is 5.75 Å². The first-order chi connectivity index (χ1) is 8.81. The van der Waals surface area contributed by atoms with Gasteiger partial charge in [-0.15, -0.1) is 0 Å². The molecule has 8 heteroatoms. The Morgan fingerprint density at radius 3 is 2.68 bits per heavy atom. The van der Waals surface area contributed by atoms with Gasteiger partial charge in [0.05, 0.1) is 12.8 Å². The average Bonchev–Trinajstić information content (AvgIpc) is 2.30. The van der Waals surface area contributed by atoms with Crippen LogP contribution < -0.4 is 15.8 Å². The third kappa shape index (κ3) is 5.47. The van der Waals surface area contributed by atoms with Gasteiger partial charge in [-0.25, -0.2) is 0 Å². The molecule has 0 spiro atoms. The lowest BCUT2D eigenvalue weighted by molar-refractivity contribution is -0.174. The van der Waals surface area contributed by atoms with Gasteiger partial charge in [0.25, 0.3) is 0 Å². The lowest BCUT2D eigenvalue weighted by Crippen LogP contribution is -2.24. The molecule has 1 rings (SSSR count). The fraction of sp³-hybridized carbons (Fsp3) is 0.364. The predicted molar refractivity (Wildman–Crippen MR) is 62.9 cm³/mol. The number of carbonyl (C=O) groups is 1. The normalized spacial score (nSPS) is 11.2. The molecule has 0 saturated heterocycles. The van der Waals surface area contributed by atoms with Crippen molar-refractivity contribution in [1.29, 1.82) is 0 Å². The van der Waals surface area contributed by atoms with E-state index in [1.807, 2.05) is 0 Å². The van der Waals surface area contributed by atoms with E-state index >= 15 is 0 Å². The Morgan fingerprint density at radius 1 is 1.42 bits per heavy atom. The van der Waals surface area contributed by atoms with Crippen molar-refractivity contribution in [3.05, 3.63) is 18.2 Å². The van der Waals surface area contributed by atoms with Crippen molar-refractivity contribution in [2.24, 2.45) is 0 Å². The molecule has 19 heavy (non-hydrogen) atoms. The molecule has 0 aliphatic rings. The molecular formula is C11H13F3N2O3. The summed E-state index contributed by atoms with van der Waals surface area (Å²) in [6.45, 7) is -2.16. The number of halogens is 3. The van der Waals surface area contributed by atoms with E-state index in [-0.39, 0.29) is 0 Å². The second-order valence-corrected chi connectivity index (χ2v) is 3.61. The number of anilines is 2. The Labute approximate surface area is 107 Å². The minimum atomic E-state index is -4.45. The summed E-state index contributed by atoms with van der Waals surface area (Å²) in [7, 11) is 1.41. The highest BCUT2D eigenvalue weighted by molar-refractivity contribution is 5.92. The van der Waals surface area contributed by atoms with Crippen LogP contribution in [0, 0.1) is 0 Å². The number of hydrogen-bond acceptors (Lipinski definition) is 4. The lowest BCUT2D eigenvalue weighted by atomic mass is 10.2. The van der Waals surface area contributed by atoms with E-state index in [0.717, 1.165) is 0 Å². The number of benzene rings is 1. The fourth-order valence-corrected chi connectivity index (χ4v) is 1.25. The summed E-state index contributed by atoms with van der Waals surface area (Å²) in [4.78, 5) is 11.3. The van der Waals surface area contributed by atoms with Crippen molar-refractivity contribution in [3.63, 3.8) is 0 Å². The molecule has 0 saturated carbocycles. The summed E-state index contributed by atoms with van der Waals surface area (Å²) < 4.78 is 44.5. The maximum atomic E-state index is 11.8. The number of nitrogens with one attached hydrogen (secondary N) is 1. The fourth-order valence-electron chi connectivity index (χ4n) is 1.25. The van der Waals surface area contributed by atoms with Crippen LogP contribution in [0.3, 0.4) is 0 Å². The number of alkyl halides is 3. The van der Waals surface area contributed by atoms with Crippen molar-refractivity contribution in [1.82, 2.24) is 0 Å². The highest BCUT2D eigenvalue weighted by Gasteiger charge is 2.27. The standard InChI is InChI=1S/C11H13F3N2O3/c1-18-9-4-7(2-3-8(9)15)16-10(17)5-19-6-11(12,13)14/h2-4H,5-6,15H2,1H3,(H,16,17). The first-order valence-electron chi connectivity index (χ1n) is 5.19. The van der Waals surface area contributed by atoms with Gasteiger partial charge in [0.15, 0.2) is 0 Å². The van der Waals surface area contributed by atoms with Crippen molar-refractivity contribution >= 4 is 17.3 Å². The van der Waals surface area contributed by atoms with E-state index in [1.165, 1.54) is 25.3 Å². The third-order valence-electron chi connectivity index (χ3n) is 2.02. The smallest absolute Gasteiger partial charge is 0.411 e. The minimum absolute atomic E-state index is 0.353. The van der Waals surface area contributed by atoms with Crippen LogP contribution in [-0.4, -0.2) is 32.4 Å². The van der Waals surface area contributed by atoms with Crippen LogP contribution in [0.1, 0.15) is 0 Å². The van der Waals surface area contributed by atoms with Crippen LogP contribution in [0.5, 0.6) is 5.75 Å². The number of amides is 1. The van der Waals surface area contributed by atoms with E-state index in [0.29, 0.717) is 17.1 Å². The Bertz CT molecular complexity index is 449. The zero-order valence-electron chi connectivity index (χ0n) is 10.1. The SMILES string of the molecule is COc1cc(NC(=O)COCC(F)(F)F)ccc1N. The van der Waals surface area contributed by atoms with E-state index < -0.39 is 25.3 Å². The summed E-state index contributed by atoms with van der Waals surface area (Å²) in [6.07, 6.45) is -4.45. The Balaban J connectivity index is 2.48. The van der Waals surface area contributed by atoms with Crippen molar-refractivity contribution in [2.75, 3.05) is 31.4 Å². The van der Waals surface area contributed by atoms with Gasteiger partial charge in [0.2, 0.25) is 5.91 Å². The third-order valence-corrected chi connectivity index (χ3v) is 2.02. The minimum Gasteiger partial charge on any atom is -0.495 e. The van der Waals surface area contributed by atoms with Crippen LogP contribution in [0.25, 0.3) is 0 Å². The first-order valence-corrected chi connectivity index (χ1v) is 5.19. The van der Waals surface area contributed by atoms with Gasteiger partial charge in [0.1, 0.15) is 19.0 Å². The van der Waals surface area contributed by atoms with Crippen LogP contribution >= 0.6 is 0 Å². The summed E-state index contributed by atoms with van der Waals surface area (Å²) in [5, 5.41) is 2.36. The van der Waals surface area contributed by atoms with Crippen molar-refractivity contribution < 1.29 is 27.4 Å². The quantitative estimate of drug-likeness (QED) is 0.805. The molecule has 0 aromatic heterocycles. The van der Waals surface area contributed by atoms with Crippen molar-refractivity contribution in [2.45, 2.75) is 6.18 Å². The van der Waals surface area contributed by atoms with E-state index in [4.69, 9.17) is 10.5 Å². The number of carbonyl (C=O) groups excluding carboxylic acids is 1. The van der Waals surface area contributed by atoms with Gasteiger partial charge in [-0.2, -0.15) is 13.2 Å². The molecule has 0 bridgehead atoms. The number of rotatable bonds is 5. The van der Waals surface area contributed by atoms with Gasteiger partial charge in [0, 0.05) is 11.8 Å². The largest absolute Gasteiger partial charge is 0.495 e. The van der Waals surface area contributed by atoms with E-state index in [2.05, 4.69) is 10.1 Å². The van der Waals surface area contributed by atoms with Gasteiger partial charge in [-0.05, 0) is 12.1 Å². The molecule has 106 valence electrons. The van der Waals surface area contributed by atoms with Gasteiger partial charge in [-0.1, -0.05) is 0 Å². The topological polar surface area (TPSA) is 73.6 Å². The van der Waals surface area contributed by atoms with Crippen LogP contribution in [0.15, 0.2) is 18.2 Å². The number of hydrogen-bond donors (Lipinski definition) is 2. The molecule has 0 fully saturated rings. The van der Waals surface area contributed by atoms with E-state index in [9.17, 15) is 18.0 Å². The summed E-state index contributed by atoms with van der Waals surface area (Å²) in [5.74, 6) is -0.343. The molecule has 0 radical (unpaired) electrons. The Hall–Kier alpha value is -1.96. The van der Waals surface area contributed by atoms with Gasteiger partial charge >= 0.3 is 6.18 Å². The molecule has 1 amide bonds. The highest BCUT2D eigenvalue weighted by atomic mass is 19.4. The van der Waals surface area contributed by atoms with Crippen LogP contribution in [0.4, 0.5) is 24.5 Å². The molecule has 1 aromatic rings. The molecular weight excluding hydrogens is 265 g/mol. The molecule has 0 aliphatic carbocycles. The molecule has 0 atom stereocenters. The maximum absolute atomic E-state index is 11.8. The lowest BCUT2D eigenvalue weighted by Gasteiger charge is -2.10. The summed E-state index contributed by atoms with van der Waals surface area (Å²) in [6, 6.07) is 4.46. The molecule has 1 aromatic carbocycles. The summed E-state index contributed by atoms with van der Waals surface area (Å²) in [5.41, 5.74) is 6.31. The zero-order chi connectivity index (χ0) is 14.5. The van der Waals surface area contributed by atoms with Gasteiger partial charge < -0.3 is 20.5 Å². The van der Waals surface area contributed by atoms with Gasteiger partial charge in [-0.3, -0.25) is 4.79 Å². The second kappa shape index (κ2) is 6.28. The Morgan fingerprint density at radius 2 is 2.11 bits per heavy atom. The predicted octanol–water partition coefficient (Wildman–Crippen LogP) is 1.79. The molecule has 5 nitrogen and oxygen atoms in total. The number of ether oxygens (including phenoxy) is 2. The number of nitrogens with two attached hydrogens (primary N) is 1. The van der Waals surface area contributed by atoms with Crippen LogP contribution in [0.2, 0.25) is 0 Å². The zero-order valence-corrected chi connectivity index (χ0v) is 10.1. The second-order valence-electron chi connectivity index (χ2n) is 3.61. The van der Waals surface area contributed by atoms with E-state index in [1.54, 1.807) is 0 Å². The summed E-state index contributed by atoms with van der Waals surface area (Å²) >= 11 is 0. The average molecular weight is 278 g/mol. The highest BCUT2D eigenvalue weighted by Crippen LogP contribution is 2.24. The monoisotopic (exact) mass is 278 g/mol. The maximum Gasteiger partial charge on any atom is 0.411 e. The molecule has 3 N–H and O–H groups in total. The number of methoxy groups -OCH3 is 1.